The molecule has 0 atom stereocenters. The number of aromatic nitrogens is 1. The number of carbonyl (C=O) groups is 2. The van der Waals surface area contributed by atoms with E-state index in [1.54, 1.807) is 12.4 Å². The summed E-state index contributed by atoms with van der Waals surface area (Å²) in [6.45, 7) is 1.39. The second-order valence-corrected chi connectivity index (χ2v) is 4.24. The minimum absolute atomic E-state index is 0.0912. The summed E-state index contributed by atoms with van der Waals surface area (Å²) >= 11 is 0. The molecule has 0 aliphatic rings. The van der Waals surface area contributed by atoms with E-state index < -0.39 is 0 Å². The first-order chi connectivity index (χ1) is 9.15. The largest absolute Gasteiger partial charge is 0.326 e. The highest BCUT2D eigenvalue weighted by molar-refractivity contribution is 6.03. The zero-order chi connectivity index (χ0) is 13.7. The number of nitrogens with zero attached hydrogens (tertiary/aromatic N) is 1. The molecular weight excluding hydrogens is 240 g/mol. The Morgan fingerprint density at radius 1 is 1.00 bits per heavy atom. The molecular formula is C15H14N2O2. The number of anilines is 1. The van der Waals surface area contributed by atoms with Crippen molar-refractivity contribution in [3.05, 3.63) is 48.8 Å². The molecule has 1 aromatic heterocycles. The van der Waals surface area contributed by atoms with Crippen LogP contribution in [0.4, 0.5) is 5.69 Å². The standard InChI is InChI=1S/C15H14N2O2/c1-11(18)10-15(19)17-14-4-2-12(3-5-14)13-6-8-16-9-7-13/h2-9H,10H2,1H3,(H,17,19). The van der Waals surface area contributed by atoms with Crippen LogP contribution in [0, 0.1) is 0 Å². The van der Waals surface area contributed by atoms with Crippen molar-refractivity contribution < 1.29 is 9.59 Å². The number of rotatable bonds is 4. The third kappa shape index (κ3) is 3.74. The van der Waals surface area contributed by atoms with Crippen LogP contribution in [0.5, 0.6) is 0 Å². The highest BCUT2D eigenvalue weighted by Gasteiger charge is 2.05. The summed E-state index contributed by atoms with van der Waals surface area (Å²) in [7, 11) is 0. The highest BCUT2D eigenvalue weighted by atomic mass is 16.2. The third-order valence-corrected chi connectivity index (χ3v) is 2.59. The SMILES string of the molecule is CC(=O)CC(=O)Nc1ccc(-c2ccncc2)cc1. The van der Waals surface area contributed by atoms with Crippen LogP contribution >= 0.6 is 0 Å². The van der Waals surface area contributed by atoms with Gasteiger partial charge in [0.2, 0.25) is 5.91 Å². The summed E-state index contributed by atoms with van der Waals surface area (Å²) in [4.78, 5) is 26.2. The van der Waals surface area contributed by atoms with E-state index in [1.165, 1.54) is 6.92 Å². The molecule has 0 saturated heterocycles. The lowest BCUT2D eigenvalue weighted by molar-refractivity contribution is -0.124. The van der Waals surface area contributed by atoms with E-state index >= 15 is 0 Å². The lowest BCUT2D eigenvalue weighted by Crippen LogP contribution is -2.14. The van der Waals surface area contributed by atoms with Crippen molar-refractivity contribution in [3.8, 4) is 11.1 Å². The Bertz CT molecular complexity index is 577. The van der Waals surface area contributed by atoms with Crippen LogP contribution in [-0.2, 0) is 9.59 Å². The van der Waals surface area contributed by atoms with Gasteiger partial charge >= 0.3 is 0 Å². The van der Waals surface area contributed by atoms with E-state index in [-0.39, 0.29) is 18.1 Å². The first-order valence-corrected chi connectivity index (χ1v) is 5.95. The summed E-state index contributed by atoms with van der Waals surface area (Å²) in [6, 6.07) is 11.3. The van der Waals surface area contributed by atoms with Gasteiger partial charge in [0.25, 0.3) is 0 Å². The fourth-order valence-corrected chi connectivity index (χ4v) is 1.72. The van der Waals surface area contributed by atoms with Crippen molar-refractivity contribution in [2.45, 2.75) is 13.3 Å². The van der Waals surface area contributed by atoms with Crippen LogP contribution in [0.3, 0.4) is 0 Å². The lowest BCUT2D eigenvalue weighted by Gasteiger charge is -2.05. The zero-order valence-electron chi connectivity index (χ0n) is 10.6. The summed E-state index contributed by atoms with van der Waals surface area (Å²) in [5.41, 5.74) is 2.80. The number of ketones is 1. The molecule has 0 spiro atoms. The highest BCUT2D eigenvalue weighted by Crippen LogP contribution is 2.20. The molecule has 0 fully saturated rings. The molecule has 1 N–H and O–H groups in total. The van der Waals surface area contributed by atoms with Crippen molar-refractivity contribution >= 4 is 17.4 Å². The molecule has 0 saturated carbocycles. The van der Waals surface area contributed by atoms with Gasteiger partial charge in [0.1, 0.15) is 5.78 Å². The zero-order valence-corrected chi connectivity index (χ0v) is 10.6. The van der Waals surface area contributed by atoms with E-state index in [0.717, 1.165) is 11.1 Å². The van der Waals surface area contributed by atoms with Crippen LogP contribution in [-0.4, -0.2) is 16.7 Å². The lowest BCUT2D eigenvalue weighted by atomic mass is 10.1. The molecule has 0 unspecified atom stereocenters. The van der Waals surface area contributed by atoms with Crippen LogP contribution in [0.25, 0.3) is 11.1 Å². The van der Waals surface area contributed by atoms with Crippen molar-refractivity contribution in [3.63, 3.8) is 0 Å². The van der Waals surface area contributed by atoms with E-state index in [4.69, 9.17) is 0 Å². The first-order valence-electron chi connectivity index (χ1n) is 5.95. The average molecular weight is 254 g/mol. The van der Waals surface area contributed by atoms with Gasteiger partial charge in [-0.2, -0.15) is 0 Å². The van der Waals surface area contributed by atoms with Gasteiger partial charge in [0, 0.05) is 18.1 Å². The Balaban J connectivity index is 2.07. The van der Waals surface area contributed by atoms with Gasteiger partial charge in [-0.25, -0.2) is 0 Å². The minimum Gasteiger partial charge on any atom is -0.326 e. The Morgan fingerprint density at radius 2 is 1.58 bits per heavy atom. The smallest absolute Gasteiger partial charge is 0.231 e. The van der Waals surface area contributed by atoms with E-state index in [2.05, 4.69) is 10.3 Å². The fourth-order valence-electron chi connectivity index (χ4n) is 1.72. The van der Waals surface area contributed by atoms with Crippen molar-refractivity contribution in [1.82, 2.24) is 4.98 Å². The van der Waals surface area contributed by atoms with Crippen LogP contribution in [0.2, 0.25) is 0 Å². The fraction of sp³-hybridized carbons (Fsp3) is 0.133. The predicted octanol–water partition coefficient (Wildman–Crippen LogP) is 2.67. The third-order valence-electron chi connectivity index (χ3n) is 2.59. The Morgan fingerprint density at radius 3 is 2.16 bits per heavy atom. The van der Waals surface area contributed by atoms with Gasteiger partial charge in [-0.15, -0.1) is 0 Å². The van der Waals surface area contributed by atoms with Gasteiger partial charge < -0.3 is 5.32 Å². The van der Waals surface area contributed by atoms with E-state index in [9.17, 15) is 9.59 Å². The van der Waals surface area contributed by atoms with Crippen LogP contribution in [0.1, 0.15) is 13.3 Å². The Hall–Kier alpha value is -2.49. The molecule has 0 bridgehead atoms. The van der Waals surface area contributed by atoms with E-state index in [0.29, 0.717) is 5.69 Å². The van der Waals surface area contributed by atoms with E-state index in [1.807, 2.05) is 36.4 Å². The molecule has 0 aliphatic heterocycles. The quantitative estimate of drug-likeness (QED) is 0.853. The molecule has 19 heavy (non-hydrogen) atoms. The molecule has 1 amide bonds. The first kappa shape index (κ1) is 13.0. The molecule has 2 rings (SSSR count). The molecule has 1 heterocycles. The maximum absolute atomic E-state index is 11.4. The van der Waals surface area contributed by atoms with Crippen molar-refractivity contribution in [2.75, 3.05) is 5.32 Å². The Labute approximate surface area is 111 Å². The number of pyridine rings is 1. The maximum atomic E-state index is 11.4. The van der Waals surface area contributed by atoms with Gasteiger partial charge in [-0.1, -0.05) is 12.1 Å². The van der Waals surface area contributed by atoms with Crippen LogP contribution < -0.4 is 5.32 Å². The molecule has 0 radical (unpaired) electrons. The summed E-state index contributed by atoms with van der Waals surface area (Å²) in [5.74, 6) is -0.435. The van der Waals surface area contributed by atoms with Gasteiger partial charge in [-0.3, -0.25) is 14.6 Å². The summed E-state index contributed by atoms with van der Waals surface area (Å²) in [5, 5.41) is 2.68. The predicted molar refractivity (Wildman–Crippen MR) is 73.6 cm³/mol. The molecule has 1 aromatic carbocycles. The van der Waals surface area contributed by atoms with Gasteiger partial charge in [0.15, 0.2) is 0 Å². The average Bonchev–Trinajstić information content (AvgIpc) is 2.39. The van der Waals surface area contributed by atoms with Crippen molar-refractivity contribution in [1.29, 1.82) is 0 Å². The number of amides is 1. The van der Waals surface area contributed by atoms with Crippen molar-refractivity contribution in [2.24, 2.45) is 0 Å². The van der Waals surface area contributed by atoms with Gasteiger partial charge in [-0.05, 0) is 42.3 Å². The molecule has 4 nitrogen and oxygen atoms in total. The number of hydrogen-bond donors (Lipinski definition) is 1. The second kappa shape index (κ2) is 5.91. The maximum Gasteiger partial charge on any atom is 0.231 e. The topological polar surface area (TPSA) is 59.1 Å². The molecule has 2 aromatic rings. The monoisotopic (exact) mass is 254 g/mol. The molecule has 4 heteroatoms. The number of benzene rings is 1. The summed E-state index contributed by atoms with van der Waals surface area (Å²) in [6.07, 6.45) is 3.38. The number of Topliss-reactive ketones (excluding diaryl/α,β-unsaturated/α-hetero) is 1. The molecule has 96 valence electrons. The Kier molecular flexibility index (Phi) is 4.03. The van der Waals surface area contributed by atoms with Gasteiger partial charge in [0.05, 0.1) is 6.42 Å². The molecule has 0 aliphatic carbocycles. The second-order valence-electron chi connectivity index (χ2n) is 4.24. The van der Waals surface area contributed by atoms with Crippen LogP contribution in [0.15, 0.2) is 48.8 Å². The number of carbonyl (C=O) groups excluding carboxylic acids is 2. The normalized spacial score (nSPS) is 9.95. The minimum atomic E-state index is -0.288. The summed E-state index contributed by atoms with van der Waals surface area (Å²) < 4.78 is 0. The number of hydrogen-bond acceptors (Lipinski definition) is 3. The number of nitrogens with one attached hydrogen (secondary N) is 1.